The summed E-state index contributed by atoms with van der Waals surface area (Å²) in [6, 6.07) is 18.8. The Hall–Kier alpha value is -3.14. The van der Waals surface area contributed by atoms with E-state index in [0.717, 1.165) is 28.4 Å². The summed E-state index contributed by atoms with van der Waals surface area (Å²) in [5.41, 5.74) is 4.16. The van der Waals surface area contributed by atoms with E-state index in [1.54, 1.807) is 12.1 Å². The minimum absolute atomic E-state index is 0.00125. The Morgan fingerprint density at radius 2 is 1.78 bits per heavy atom. The lowest BCUT2D eigenvalue weighted by molar-refractivity contribution is -0.117. The number of amides is 1. The van der Waals surface area contributed by atoms with Gasteiger partial charge in [-0.2, -0.15) is 13.5 Å². The minimum atomic E-state index is -4.04. The van der Waals surface area contributed by atoms with E-state index in [1.165, 1.54) is 6.07 Å². The lowest BCUT2D eigenvalue weighted by Crippen LogP contribution is -2.45. The van der Waals surface area contributed by atoms with E-state index in [2.05, 4.69) is 18.8 Å². The number of hydrogen-bond donors (Lipinski definition) is 2. The van der Waals surface area contributed by atoms with Crippen LogP contribution in [0.15, 0.2) is 71.6 Å². The number of aromatic nitrogens is 2. The molecule has 4 rings (SSSR count). The van der Waals surface area contributed by atoms with Crippen LogP contribution in [0.3, 0.4) is 0 Å². The molecular weight excluding hydrogens is 444 g/mol. The zero-order valence-electron chi connectivity index (χ0n) is 17.6. The second kappa shape index (κ2) is 9.15. The van der Waals surface area contributed by atoms with Gasteiger partial charge in [0.25, 0.3) is 0 Å². The molecule has 4 aromatic rings. The summed E-state index contributed by atoms with van der Waals surface area (Å²) in [6.45, 7) is 3.82. The number of rotatable bonds is 7. The van der Waals surface area contributed by atoms with Crippen LogP contribution in [0.5, 0.6) is 0 Å². The molecule has 9 heteroatoms. The van der Waals surface area contributed by atoms with Crippen molar-refractivity contribution in [3.63, 3.8) is 0 Å². The van der Waals surface area contributed by atoms with Gasteiger partial charge in [-0.25, -0.2) is 8.42 Å². The Balaban J connectivity index is 1.66. The molecule has 1 aromatic heterocycles. The second-order valence-corrected chi connectivity index (χ2v) is 9.77. The number of aryl methyl sites for hydroxylation is 2. The molecule has 0 bridgehead atoms. The summed E-state index contributed by atoms with van der Waals surface area (Å²) in [6.07, 6.45) is 0.196. The summed E-state index contributed by atoms with van der Waals surface area (Å²) < 4.78 is 37.4. The standard InChI is InChI=1S/C23H22N4O3S2/c1-15-11-12-16(2)19(13-15)24-23(28)20(14-17-7-4-3-5-8-17)27-32(29,30)21-10-6-9-18-22(21)26-31-25-18/h3-13,20,27H,14H2,1-2H3,(H,24,28)/t20-/m0/s1. The number of sulfonamides is 1. The van der Waals surface area contributed by atoms with E-state index < -0.39 is 22.0 Å². The average Bonchev–Trinajstić information content (AvgIpc) is 3.25. The number of carbonyl (C=O) groups excluding carboxylic acids is 1. The molecule has 0 fully saturated rings. The Morgan fingerprint density at radius 3 is 2.56 bits per heavy atom. The molecule has 32 heavy (non-hydrogen) atoms. The van der Waals surface area contributed by atoms with E-state index in [4.69, 9.17) is 0 Å². The van der Waals surface area contributed by atoms with Crippen molar-refractivity contribution in [3.05, 3.63) is 83.4 Å². The zero-order valence-corrected chi connectivity index (χ0v) is 19.2. The highest BCUT2D eigenvalue weighted by atomic mass is 32.2. The first kappa shape index (κ1) is 22.1. The number of benzene rings is 3. The van der Waals surface area contributed by atoms with Crippen LogP contribution in [-0.4, -0.2) is 29.1 Å². The maximum absolute atomic E-state index is 13.3. The highest BCUT2D eigenvalue weighted by Crippen LogP contribution is 2.22. The van der Waals surface area contributed by atoms with Crippen molar-refractivity contribution in [1.82, 2.24) is 13.5 Å². The molecule has 1 atom stereocenters. The molecular formula is C23H22N4O3S2. The van der Waals surface area contributed by atoms with Crippen LogP contribution < -0.4 is 10.0 Å². The smallest absolute Gasteiger partial charge is 0.243 e. The van der Waals surface area contributed by atoms with Gasteiger partial charge in [0.1, 0.15) is 22.0 Å². The monoisotopic (exact) mass is 466 g/mol. The van der Waals surface area contributed by atoms with E-state index >= 15 is 0 Å². The van der Waals surface area contributed by atoms with Gasteiger partial charge in [0.15, 0.2) is 0 Å². The van der Waals surface area contributed by atoms with Crippen LogP contribution in [0.25, 0.3) is 11.0 Å². The Kier molecular flexibility index (Phi) is 6.31. The first-order valence-corrected chi connectivity index (χ1v) is 12.2. The van der Waals surface area contributed by atoms with Crippen LogP contribution in [-0.2, 0) is 21.2 Å². The molecule has 0 saturated heterocycles. The van der Waals surface area contributed by atoms with Crippen molar-refractivity contribution >= 4 is 44.4 Å². The quantitative estimate of drug-likeness (QED) is 0.431. The maximum Gasteiger partial charge on any atom is 0.243 e. The Morgan fingerprint density at radius 1 is 1.00 bits per heavy atom. The number of carbonyl (C=O) groups is 1. The van der Waals surface area contributed by atoms with Crippen molar-refractivity contribution in [1.29, 1.82) is 0 Å². The summed E-state index contributed by atoms with van der Waals surface area (Å²) in [4.78, 5) is 13.2. The molecule has 1 amide bonds. The minimum Gasteiger partial charge on any atom is -0.324 e. The summed E-state index contributed by atoms with van der Waals surface area (Å²) in [5.74, 6) is -0.435. The number of anilines is 1. The number of nitrogens with one attached hydrogen (secondary N) is 2. The van der Waals surface area contributed by atoms with Gasteiger partial charge in [-0.15, -0.1) is 0 Å². The summed E-state index contributed by atoms with van der Waals surface area (Å²) >= 11 is 0.944. The first-order valence-electron chi connectivity index (χ1n) is 9.99. The second-order valence-electron chi connectivity index (χ2n) is 7.56. The average molecular weight is 467 g/mol. The first-order chi connectivity index (χ1) is 15.3. The van der Waals surface area contributed by atoms with E-state index in [0.29, 0.717) is 16.7 Å². The van der Waals surface area contributed by atoms with Crippen molar-refractivity contribution < 1.29 is 13.2 Å². The molecule has 0 saturated carbocycles. The molecule has 7 nitrogen and oxygen atoms in total. The molecule has 0 aliphatic carbocycles. The van der Waals surface area contributed by atoms with E-state index in [1.807, 2.05) is 62.4 Å². The van der Waals surface area contributed by atoms with Crippen molar-refractivity contribution in [2.24, 2.45) is 0 Å². The van der Waals surface area contributed by atoms with Gasteiger partial charge in [0, 0.05) is 5.69 Å². The van der Waals surface area contributed by atoms with Crippen molar-refractivity contribution in [3.8, 4) is 0 Å². The number of fused-ring (bicyclic) bond motifs is 1. The van der Waals surface area contributed by atoms with Crippen LogP contribution in [0.1, 0.15) is 16.7 Å². The van der Waals surface area contributed by atoms with Crippen LogP contribution in [0, 0.1) is 13.8 Å². The van der Waals surface area contributed by atoms with Gasteiger partial charge in [0.2, 0.25) is 15.9 Å². The third kappa shape index (κ3) is 4.85. The van der Waals surface area contributed by atoms with Gasteiger partial charge < -0.3 is 5.32 Å². The SMILES string of the molecule is Cc1ccc(C)c(NC(=O)[C@H](Cc2ccccc2)NS(=O)(=O)c2cccc3nsnc23)c1. The van der Waals surface area contributed by atoms with Gasteiger partial charge >= 0.3 is 0 Å². The fourth-order valence-corrected chi connectivity index (χ4v) is 5.34. The van der Waals surface area contributed by atoms with Crippen molar-refractivity contribution in [2.75, 3.05) is 5.32 Å². The van der Waals surface area contributed by atoms with Crippen LogP contribution in [0.4, 0.5) is 5.69 Å². The highest BCUT2D eigenvalue weighted by Gasteiger charge is 2.28. The Labute approximate surface area is 190 Å². The van der Waals surface area contributed by atoms with E-state index in [-0.39, 0.29) is 11.3 Å². The predicted molar refractivity (Wildman–Crippen MR) is 126 cm³/mol. The third-order valence-electron chi connectivity index (χ3n) is 5.09. The highest BCUT2D eigenvalue weighted by molar-refractivity contribution is 7.89. The number of nitrogens with zero attached hydrogens (tertiary/aromatic N) is 2. The van der Waals surface area contributed by atoms with E-state index in [9.17, 15) is 13.2 Å². The van der Waals surface area contributed by atoms with Gasteiger partial charge in [-0.05, 0) is 55.2 Å². The largest absolute Gasteiger partial charge is 0.324 e. The molecule has 1 heterocycles. The fourth-order valence-electron chi connectivity index (χ4n) is 3.38. The molecule has 2 N–H and O–H groups in total. The molecule has 0 unspecified atom stereocenters. The molecule has 0 radical (unpaired) electrons. The third-order valence-corrected chi connectivity index (χ3v) is 7.13. The maximum atomic E-state index is 13.3. The molecule has 0 aliphatic heterocycles. The summed E-state index contributed by atoms with van der Waals surface area (Å²) in [5, 5.41) is 2.89. The molecule has 0 aliphatic rings. The van der Waals surface area contributed by atoms with Crippen molar-refractivity contribution in [2.45, 2.75) is 31.2 Å². The van der Waals surface area contributed by atoms with Gasteiger partial charge in [-0.1, -0.05) is 48.5 Å². The van der Waals surface area contributed by atoms with Crippen LogP contribution in [0.2, 0.25) is 0 Å². The van der Waals surface area contributed by atoms with Crippen LogP contribution >= 0.6 is 11.7 Å². The summed E-state index contributed by atoms with van der Waals surface area (Å²) in [7, 11) is -4.04. The molecule has 164 valence electrons. The molecule has 3 aromatic carbocycles. The van der Waals surface area contributed by atoms with Gasteiger partial charge in [-0.3, -0.25) is 4.79 Å². The number of hydrogen-bond acceptors (Lipinski definition) is 6. The normalized spacial score (nSPS) is 12.6. The topological polar surface area (TPSA) is 101 Å². The Bertz CT molecular complexity index is 1370. The fraction of sp³-hybridized carbons (Fsp3) is 0.174. The van der Waals surface area contributed by atoms with Gasteiger partial charge in [0.05, 0.1) is 11.7 Å². The molecule has 0 spiro atoms. The lowest BCUT2D eigenvalue weighted by Gasteiger charge is -2.20. The lowest BCUT2D eigenvalue weighted by atomic mass is 10.1. The zero-order chi connectivity index (χ0) is 22.7. The predicted octanol–water partition coefficient (Wildman–Crippen LogP) is 3.84.